The summed E-state index contributed by atoms with van der Waals surface area (Å²) in [5.41, 5.74) is 1.80. The molecule has 2 atom stereocenters. The Balaban J connectivity index is 1.70. The van der Waals surface area contributed by atoms with Crippen molar-refractivity contribution >= 4 is 11.6 Å². The minimum Gasteiger partial charge on any atom is -0.373 e. The fourth-order valence-electron chi connectivity index (χ4n) is 3.09. The number of fused-ring (bicyclic) bond motifs is 1. The summed E-state index contributed by atoms with van der Waals surface area (Å²) >= 11 is 0. The first-order chi connectivity index (χ1) is 9.13. The summed E-state index contributed by atoms with van der Waals surface area (Å²) < 4.78 is 13.2. The van der Waals surface area contributed by atoms with Crippen LogP contribution in [0.5, 0.6) is 0 Å². The van der Waals surface area contributed by atoms with Crippen molar-refractivity contribution in [3.8, 4) is 0 Å². The molecule has 0 radical (unpaired) electrons. The van der Waals surface area contributed by atoms with Crippen LogP contribution >= 0.6 is 0 Å². The Morgan fingerprint density at radius 3 is 3.11 bits per heavy atom. The number of piperidine rings is 1. The Kier molecular flexibility index (Phi) is 3.17. The van der Waals surface area contributed by atoms with Crippen molar-refractivity contribution in [2.45, 2.75) is 32.2 Å². The number of nitrogens with zero attached hydrogens (tertiary/aromatic N) is 1. The van der Waals surface area contributed by atoms with Crippen molar-refractivity contribution in [3.63, 3.8) is 0 Å². The first-order valence-corrected chi connectivity index (χ1v) is 6.97. The number of benzene rings is 1. The average molecular weight is 262 g/mol. The minimum atomic E-state index is -0.236. The van der Waals surface area contributed by atoms with Gasteiger partial charge in [0, 0.05) is 25.2 Å². The molecule has 1 aromatic rings. The van der Waals surface area contributed by atoms with E-state index in [0.717, 1.165) is 30.8 Å². The lowest BCUT2D eigenvalue weighted by atomic mass is 9.99. The van der Waals surface area contributed by atoms with Crippen molar-refractivity contribution in [2.75, 3.05) is 18.4 Å². The third-order valence-electron chi connectivity index (χ3n) is 4.09. The second-order valence-electron chi connectivity index (χ2n) is 5.73. The van der Waals surface area contributed by atoms with E-state index in [1.165, 1.54) is 18.6 Å². The SMILES string of the molecule is C[C@H]1CCCN(C(=O)C2Cc3cc(F)ccc3N2)C1. The van der Waals surface area contributed by atoms with Gasteiger partial charge in [-0.2, -0.15) is 0 Å². The van der Waals surface area contributed by atoms with Gasteiger partial charge in [-0.25, -0.2) is 4.39 Å². The standard InChI is InChI=1S/C15H19FN2O/c1-10-3-2-6-18(9-10)15(19)14-8-11-7-12(16)4-5-13(11)17-14/h4-5,7,10,14,17H,2-3,6,8-9H2,1H3/t10-,14?/m0/s1. The molecule has 19 heavy (non-hydrogen) atoms. The number of halogens is 1. The topological polar surface area (TPSA) is 32.3 Å². The third kappa shape index (κ3) is 2.44. The Morgan fingerprint density at radius 2 is 2.32 bits per heavy atom. The molecule has 0 bridgehead atoms. The maximum Gasteiger partial charge on any atom is 0.245 e. The quantitative estimate of drug-likeness (QED) is 0.843. The van der Waals surface area contributed by atoms with E-state index in [0.29, 0.717) is 12.3 Å². The molecule has 1 fully saturated rings. The van der Waals surface area contributed by atoms with Gasteiger partial charge in [-0.3, -0.25) is 4.79 Å². The van der Waals surface area contributed by atoms with E-state index in [1.54, 1.807) is 6.07 Å². The van der Waals surface area contributed by atoms with Crippen LogP contribution in [0.4, 0.5) is 10.1 Å². The molecule has 2 heterocycles. The van der Waals surface area contributed by atoms with Gasteiger partial charge in [0.05, 0.1) is 0 Å². The van der Waals surface area contributed by atoms with Gasteiger partial charge in [0.2, 0.25) is 5.91 Å². The van der Waals surface area contributed by atoms with E-state index in [-0.39, 0.29) is 17.8 Å². The lowest BCUT2D eigenvalue weighted by Crippen LogP contribution is -2.46. The Morgan fingerprint density at radius 1 is 1.47 bits per heavy atom. The normalized spacial score (nSPS) is 25.9. The second kappa shape index (κ2) is 4.83. The second-order valence-corrected chi connectivity index (χ2v) is 5.73. The monoisotopic (exact) mass is 262 g/mol. The van der Waals surface area contributed by atoms with E-state index >= 15 is 0 Å². The molecule has 1 unspecified atom stereocenters. The van der Waals surface area contributed by atoms with Gasteiger partial charge < -0.3 is 10.2 Å². The number of likely N-dealkylation sites (tertiary alicyclic amines) is 1. The van der Waals surface area contributed by atoms with Gasteiger partial charge in [-0.15, -0.1) is 0 Å². The summed E-state index contributed by atoms with van der Waals surface area (Å²) in [6.07, 6.45) is 2.88. The minimum absolute atomic E-state index is 0.156. The molecule has 2 aliphatic rings. The average Bonchev–Trinajstić information content (AvgIpc) is 2.80. The summed E-state index contributed by atoms with van der Waals surface area (Å²) in [6.45, 7) is 3.89. The van der Waals surface area contributed by atoms with Crippen LogP contribution in [0.25, 0.3) is 0 Å². The molecule has 0 saturated carbocycles. The smallest absolute Gasteiger partial charge is 0.245 e. The molecule has 1 amide bonds. The maximum atomic E-state index is 13.2. The zero-order chi connectivity index (χ0) is 13.4. The number of hydrogen-bond acceptors (Lipinski definition) is 2. The molecule has 3 rings (SSSR count). The molecule has 1 saturated heterocycles. The number of anilines is 1. The summed E-state index contributed by atoms with van der Waals surface area (Å²) in [7, 11) is 0. The third-order valence-corrected chi connectivity index (χ3v) is 4.09. The zero-order valence-corrected chi connectivity index (χ0v) is 11.2. The van der Waals surface area contributed by atoms with E-state index in [4.69, 9.17) is 0 Å². The number of carbonyl (C=O) groups excluding carboxylic acids is 1. The first-order valence-electron chi connectivity index (χ1n) is 6.97. The van der Waals surface area contributed by atoms with Crippen molar-refractivity contribution in [3.05, 3.63) is 29.6 Å². The number of carbonyl (C=O) groups is 1. The molecular weight excluding hydrogens is 243 g/mol. The molecule has 0 aromatic heterocycles. The molecule has 1 aromatic carbocycles. The van der Waals surface area contributed by atoms with Gasteiger partial charge >= 0.3 is 0 Å². The fourth-order valence-corrected chi connectivity index (χ4v) is 3.09. The summed E-state index contributed by atoms with van der Waals surface area (Å²) in [6, 6.07) is 4.45. The van der Waals surface area contributed by atoms with Gasteiger partial charge in [-0.1, -0.05) is 6.92 Å². The van der Waals surface area contributed by atoms with E-state index in [2.05, 4.69) is 12.2 Å². The van der Waals surface area contributed by atoms with Crippen LogP contribution in [0, 0.1) is 11.7 Å². The highest BCUT2D eigenvalue weighted by Gasteiger charge is 2.31. The first kappa shape index (κ1) is 12.5. The molecule has 2 aliphatic heterocycles. The summed E-state index contributed by atoms with van der Waals surface area (Å²) in [5, 5.41) is 3.22. The zero-order valence-electron chi connectivity index (χ0n) is 11.2. The predicted octanol–water partition coefficient (Wildman–Crippen LogP) is 2.42. The van der Waals surface area contributed by atoms with E-state index in [9.17, 15) is 9.18 Å². The van der Waals surface area contributed by atoms with Crippen molar-refractivity contribution in [1.82, 2.24) is 4.90 Å². The number of rotatable bonds is 1. The van der Waals surface area contributed by atoms with Crippen LogP contribution in [0.15, 0.2) is 18.2 Å². The lowest BCUT2D eigenvalue weighted by Gasteiger charge is -2.32. The van der Waals surface area contributed by atoms with Crippen LogP contribution in [-0.2, 0) is 11.2 Å². The van der Waals surface area contributed by atoms with Gasteiger partial charge in [0.1, 0.15) is 11.9 Å². The highest BCUT2D eigenvalue weighted by atomic mass is 19.1. The molecule has 4 heteroatoms. The molecule has 3 nitrogen and oxygen atoms in total. The summed E-state index contributed by atoms with van der Waals surface area (Å²) in [5.74, 6) is 0.502. The Hall–Kier alpha value is -1.58. The van der Waals surface area contributed by atoms with Crippen LogP contribution in [-0.4, -0.2) is 29.9 Å². The largest absolute Gasteiger partial charge is 0.373 e. The van der Waals surface area contributed by atoms with Crippen molar-refractivity contribution < 1.29 is 9.18 Å². The highest BCUT2D eigenvalue weighted by molar-refractivity contribution is 5.87. The number of hydrogen-bond donors (Lipinski definition) is 1. The maximum absolute atomic E-state index is 13.2. The van der Waals surface area contributed by atoms with Crippen LogP contribution in [0.1, 0.15) is 25.3 Å². The molecule has 0 spiro atoms. The molecule has 102 valence electrons. The fraction of sp³-hybridized carbons (Fsp3) is 0.533. The van der Waals surface area contributed by atoms with Crippen LogP contribution < -0.4 is 5.32 Å². The van der Waals surface area contributed by atoms with Gasteiger partial charge in [-0.05, 0) is 42.5 Å². The van der Waals surface area contributed by atoms with Gasteiger partial charge in [0.25, 0.3) is 0 Å². The highest BCUT2D eigenvalue weighted by Crippen LogP contribution is 2.28. The Labute approximate surface area is 112 Å². The van der Waals surface area contributed by atoms with Crippen LogP contribution in [0.2, 0.25) is 0 Å². The lowest BCUT2D eigenvalue weighted by molar-refractivity contribution is -0.133. The van der Waals surface area contributed by atoms with Crippen molar-refractivity contribution in [2.24, 2.45) is 5.92 Å². The number of amides is 1. The predicted molar refractivity (Wildman–Crippen MR) is 72.5 cm³/mol. The van der Waals surface area contributed by atoms with Crippen molar-refractivity contribution in [1.29, 1.82) is 0 Å². The van der Waals surface area contributed by atoms with Crippen LogP contribution in [0.3, 0.4) is 0 Å². The molecule has 0 aliphatic carbocycles. The molecular formula is C15H19FN2O. The summed E-state index contributed by atoms with van der Waals surface area (Å²) in [4.78, 5) is 14.4. The number of nitrogens with one attached hydrogen (secondary N) is 1. The van der Waals surface area contributed by atoms with Gasteiger partial charge in [0.15, 0.2) is 0 Å². The molecule has 1 N–H and O–H groups in total. The Bertz CT molecular complexity index is 503. The van der Waals surface area contributed by atoms with E-state index in [1.807, 2.05) is 4.90 Å². The van der Waals surface area contributed by atoms with E-state index < -0.39 is 0 Å².